The molecule has 0 aromatic heterocycles. The Morgan fingerprint density at radius 3 is 2.47 bits per heavy atom. The highest BCUT2D eigenvalue weighted by Crippen LogP contribution is 2.32. The quantitative estimate of drug-likeness (QED) is 0.793. The first-order chi connectivity index (χ1) is 8.24. The van der Waals surface area contributed by atoms with Crippen LogP contribution < -0.4 is 5.73 Å². The molecule has 86 valence electrons. The number of hydrogen-bond acceptors (Lipinski definition) is 1. The first-order valence-electron chi connectivity index (χ1n) is 5.88. The minimum Gasteiger partial charge on any atom is -0.324 e. The molecule has 1 aliphatic carbocycles. The van der Waals surface area contributed by atoms with E-state index in [0.717, 1.165) is 24.0 Å². The molecule has 0 saturated heterocycles. The van der Waals surface area contributed by atoms with Crippen LogP contribution in [-0.4, -0.2) is 0 Å². The van der Waals surface area contributed by atoms with Crippen molar-refractivity contribution in [2.24, 2.45) is 5.73 Å². The highest BCUT2D eigenvalue weighted by Gasteiger charge is 2.18. The van der Waals surface area contributed by atoms with E-state index in [9.17, 15) is 4.39 Å². The number of nitrogens with two attached hydrogens (primary N) is 1. The lowest BCUT2D eigenvalue weighted by Crippen LogP contribution is -2.04. The summed E-state index contributed by atoms with van der Waals surface area (Å²) in [5.41, 5.74) is 10.8. The fourth-order valence-electron chi connectivity index (χ4n) is 2.47. The van der Waals surface area contributed by atoms with Crippen molar-refractivity contribution in [2.45, 2.75) is 18.9 Å². The van der Waals surface area contributed by atoms with Crippen LogP contribution in [0.25, 0.3) is 11.1 Å². The molecule has 0 aliphatic heterocycles. The Hall–Kier alpha value is -1.67. The molecular formula is C15H14FN. The molecule has 1 aliphatic rings. The number of benzene rings is 2. The van der Waals surface area contributed by atoms with Crippen molar-refractivity contribution in [3.63, 3.8) is 0 Å². The van der Waals surface area contributed by atoms with Crippen LogP contribution in [0.5, 0.6) is 0 Å². The van der Waals surface area contributed by atoms with Crippen molar-refractivity contribution < 1.29 is 4.39 Å². The summed E-state index contributed by atoms with van der Waals surface area (Å²) < 4.78 is 12.9. The Labute approximate surface area is 100 Å². The Bertz CT molecular complexity index is 545. The maximum atomic E-state index is 12.9. The van der Waals surface area contributed by atoms with Gasteiger partial charge in [-0.05, 0) is 47.2 Å². The fourth-order valence-corrected chi connectivity index (χ4v) is 2.47. The molecule has 1 unspecified atom stereocenters. The van der Waals surface area contributed by atoms with E-state index in [1.807, 2.05) is 12.1 Å². The van der Waals surface area contributed by atoms with E-state index in [4.69, 9.17) is 5.73 Å². The second-order valence-corrected chi connectivity index (χ2v) is 4.57. The Balaban J connectivity index is 2.02. The molecule has 1 atom stereocenters. The molecule has 0 saturated carbocycles. The van der Waals surface area contributed by atoms with Crippen LogP contribution in [-0.2, 0) is 6.42 Å². The number of halogens is 1. The minimum atomic E-state index is -0.197. The van der Waals surface area contributed by atoms with Crippen LogP contribution >= 0.6 is 0 Å². The fraction of sp³-hybridized carbons (Fsp3) is 0.200. The van der Waals surface area contributed by atoms with Crippen molar-refractivity contribution in [1.29, 1.82) is 0 Å². The maximum Gasteiger partial charge on any atom is 0.123 e. The van der Waals surface area contributed by atoms with Gasteiger partial charge >= 0.3 is 0 Å². The third-order valence-electron chi connectivity index (χ3n) is 3.44. The zero-order chi connectivity index (χ0) is 11.8. The summed E-state index contributed by atoms with van der Waals surface area (Å²) in [5.74, 6) is -0.197. The van der Waals surface area contributed by atoms with E-state index < -0.39 is 0 Å². The normalized spacial score (nSPS) is 18.1. The summed E-state index contributed by atoms with van der Waals surface area (Å²) >= 11 is 0. The van der Waals surface area contributed by atoms with Crippen molar-refractivity contribution in [3.8, 4) is 11.1 Å². The number of fused-ring (bicyclic) bond motifs is 1. The Morgan fingerprint density at radius 1 is 1.00 bits per heavy atom. The largest absolute Gasteiger partial charge is 0.324 e. The SMILES string of the molecule is NC1CCc2cc(-c3ccc(F)cc3)ccc21. The average Bonchev–Trinajstić information content (AvgIpc) is 2.72. The molecule has 1 nitrogen and oxygen atoms in total. The monoisotopic (exact) mass is 227 g/mol. The summed E-state index contributed by atoms with van der Waals surface area (Å²) in [6.45, 7) is 0. The molecule has 2 heteroatoms. The third-order valence-corrected chi connectivity index (χ3v) is 3.44. The van der Waals surface area contributed by atoms with Crippen LogP contribution in [0, 0.1) is 5.82 Å². The lowest BCUT2D eigenvalue weighted by atomic mass is 10.00. The first kappa shape index (κ1) is 10.5. The van der Waals surface area contributed by atoms with Gasteiger partial charge in [0.05, 0.1) is 0 Å². The minimum absolute atomic E-state index is 0.187. The third kappa shape index (κ3) is 1.85. The van der Waals surface area contributed by atoms with Crippen molar-refractivity contribution in [2.75, 3.05) is 0 Å². The van der Waals surface area contributed by atoms with Gasteiger partial charge in [-0.2, -0.15) is 0 Å². The van der Waals surface area contributed by atoms with Gasteiger partial charge < -0.3 is 5.73 Å². The number of aryl methyl sites for hydroxylation is 1. The zero-order valence-corrected chi connectivity index (χ0v) is 9.49. The van der Waals surface area contributed by atoms with Gasteiger partial charge in [-0.1, -0.05) is 30.3 Å². The van der Waals surface area contributed by atoms with Crippen LogP contribution in [0.15, 0.2) is 42.5 Å². The van der Waals surface area contributed by atoms with E-state index in [1.165, 1.54) is 23.3 Å². The smallest absolute Gasteiger partial charge is 0.123 e. The van der Waals surface area contributed by atoms with Gasteiger partial charge in [-0.3, -0.25) is 0 Å². The molecule has 2 N–H and O–H groups in total. The van der Waals surface area contributed by atoms with Gasteiger partial charge in [0.15, 0.2) is 0 Å². The zero-order valence-electron chi connectivity index (χ0n) is 9.49. The summed E-state index contributed by atoms with van der Waals surface area (Å²) in [6.07, 6.45) is 2.08. The number of rotatable bonds is 1. The van der Waals surface area contributed by atoms with Gasteiger partial charge in [0.25, 0.3) is 0 Å². The average molecular weight is 227 g/mol. The first-order valence-corrected chi connectivity index (χ1v) is 5.88. The van der Waals surface area contributed by atoms with Gasteiger partial charge in [0, 0.05) is 6.04 Å². The molecule has 2 aromatic rings. The highest BCUT2D eigenvalue weighted by atomic mass is 19.1. The summed E-state index contributed by atoms with van der Waals surface area (Å²) in [4.78, 5) is 0. The molecular weight excluding hydrogens is 213 g/mol. The van der Waals surface area contributed by atoms with Gasteiger partial charge in [0.2, 0.25) is 0 Å². The Morgan fingerprint density at radius 2 is 1.71 bits per heavy atom. The molecule has 3 rings (SSSR count). The molecule has 17 heavy (non-hydrogen) atoms. The Kier molecular flexibility index (Phi) is 2.45. The van der Waals surface area contributed by atoms with Crippen molar-refractivity contribution in [1.82, 2.24) is 0 Å². The second-order valence-electron chi connectivity index (χ2n) is 4.57. The molecule has 0 heterocycles. The van der Waals surface area contributed by atoms with Crippen LogP contribution in [0.3, 0.4) is 0 Å². The molecule has 0 radical (unpaired) electrons. The predicted molar refractivity (Wildman–Crippen MR) is 67.1 cm³/mol. The lowest BCUT2D eigenvalue weighted by Gasteiger charge is -2.07. The topological polar surface area (TPSA) is 26.0 Å². The van der Waals surface area contributed by atoms with E-state index >= 15 is 0 Å². The van der Waals surface area contributed by atoms with Gasteiger partial charge in [-0.15, -0.1) is 0 Å². The summed E-state index contributed by atoms with van der Waals surface area (Å²) in [7, 11) is 0. The van der Waals surface area contributed by atoms with E-state index in [-0.39, 0.29) is 11.9 Å². The van der Waals surface area contributed by atoms with E-state index in [2.05, 4.69) is 18.2 Å². The van der Waals surface area contributed by atoms with E-state index in [0.29, 0.717) is 0 Å². The second kappa shape index (κ2) is 3.97. The van der Waals surface area contributed by atoms with Crippen LogP contribution in [0.4, 0.5) is 4.39 Å². The summed E-state index contributed by atoms with van der Waals surface area (Å²) in [6, 6.07) is 13.1. The van der Waals surface area contributed by atoms with Crippen molar-refractivity contribution in [3.05, 3.63) is 59.4 Å². The molecule has 0 amide bonds. The number of hydrogen-bond donors (Lipinski definition) is 1. The van der Waals surface area contributed by atoms with E-state index in [1.54, 1.807) is 0 Å². The van der Waals surface area contributed by atoms with Crippen LogP contribution in [0.1, 0.15) is 23.6 Å². The molecule has 0 fully saturated rings. The summed E-state index contributed by atoms with van der Waals surface area (Å²) in [5, 5.41) is 0. The molecule has 0 bridgehead atoms. The maximum absolute atomic E-state index is 12.9. The van der Waals surface area contributed by atoms with Gasteiger partial charge in [-0.25, -0.2) is 4.39 Å². The highest BCUT2D eigenvalue weighted by molar-refractivity contribution is 5.65. The standard InChI is InChI=1S/C15H14FN/c16-13-5-1-10(2-6-13)11-3-7-14-12(9-11)4-8-15(14)17/h1-3,5-7,9,15H,4,8,17H2. The molecule has 0 spiro atoms. The van der Waals surface area contributed by atoms with Gasteiger partial charge in [0.1, 0.15) is 5.82 Å². The molecule has 2 aromatic carbocycles. The lowest BCUT2D eigenvalue weighted by molar-refractivity contribution is 0.628. The van der Waals surface area contributed by atoms with Crippen LogP contribution in [0.2, 0.25) is 0 Å². The predicted octanol–water partition coefficient (Wildman–Crippen LogP) is 3.44. The van der Waals surface area contributed by atoms with Crippen molar-refractivity contribution >= 4 is 0 Å².